The van der Waals surface area contributed by atoms with E-state index in [1.165, 1.54) is 24.7 Å². The number of para-hydroxylation sites is 1. The topological polar surface area (TPSA) is 88.1 Å². The van der Waals surface area contributed by atoms with E-state index in [0.717, 1.165) is 28.8 Å². The van der Waals surface area contributed by atoms with Crippen LogP contribution in [0, 0.1) is 0 Å². The van der Waals surface area contributed by atoms with E-state index in [1.807, 2.05) is 30.3 Å². The molecule has 0 atom stereocenters. The van der Waals surface area contributed by atoms with Crippen molar-refractivity contribution in [1.82, 2.24) is 18.9 Å². The van der Waals surface area contributed by atoms with Gasteiger partial charge in [0.1, 0.15) is 6.61 Å². The maximum absolute atomic E-state index is 12.8. The van der Waals surface area contributed by atoms with Gasteiger partial charge in [-0.05, 0) is 31.0 Å². The van der Waals surface area contributed by atoms with Crippen molar-refractivity contribution in [1.29, 1.82) is 0 Å². The Kier molecular flexibility index (Phi) is 4.46. The Bertz CT molecular complexity index is 1150. The number of rotatable bonds is 5. The summed E-state index contributed by atoms with van der Waals surface area (Å²) in [6.45, 7) is -0.181. The van der Waals surface area contributed by atoms with E-state index in [1.54, 1.807) is 10.7 Å². The minimum Gasteiger partial charge on any atom is -0.455 e. The van der Waals surface area contributed by atoms with Gasteiger partial charge in [-0.25, -0.2) is 14.3 Å². The average molecular weight is 380 g/mol. The summed E-state index contributed by atoms with van der Waals surface area (Å²) in [7, 11) is 2.93. The number of hydrogen-bond acceptors (Lipinski definition) is 5. The van der Waals surface area contributed by atoms with Crippen LogP contribution >= 0.6 is 0 Å². The van der Waals surface area contributed by atoms with E-state index in [4.69, 9.17) is 4.74 Å². The van der Waals surface area contributed by atoms with Gasteiger partial charge in [0.25, 0.3) is 5.56 Å². The highest BCUT2D eigenvalue weighted by Crippen LogP contribution is 2.39. The van der Waals surface area contributed by atoms with Crippen LogP contribution < -0.4 is 11.2 Å². The lowest BCUT2D eigenvalue weighted by atomic mass is 10.2. The summed E-state index contributed by atoms with van der Waals surface area (Å²) in [5.41, 5.74) is 1.37. The molecule has 3 aromatic rings. The van der Waals surface area contributed by atoms with Gasteiger partial charge in [0.15, 0.2) is 5.69 Å². The molecule has 0 saturated heterocycles. The third-order valence-electron chi connectivity index (χ3n) is 4.91. The minimum absolute atomic E-state index is 0.181. The number of aromatic nitrogens is 4. The molecule has 0 N–H and O–H groups in total. The highest BCUT2D eigenvalue weighted by Gasteiger charge is 2.29. The summed E-state index contributed by atoms with van der Waals surface area (Å²) in [5.74, 6) is -0.175. The van der Waals surface area contributed by atoms with Gasteiger partial charge in [-0.2, -0.15) is 5.10 Å². The number of nitrogens with zero attached hydrogens (tertiary/aromatic N) is 4. The molecule has 0 bridgehead atoms. The van der Waals surface area contributed by atoms with Gasteiger partial charge in [0.2, 0.25) is 0 Å². The van der Waals surface area contributed by atoms with Crippen LogP contribution in [0.2, 0.25) is 0 Å². The Labute approximate surface area is 160 Å². The lowest BCUT2D eigenvalue weighted by molar-refractivity contribution is 0.0452. The summed E-state index contributed by atoms with van der Waals surface area (Å²) in [6.07, 6.45) is 2.13. The summed E-state index contributed by atoms with van der Waals surface area (Å²) < 4.78 is 9.28. The first-order chi connectivity index (χ1) is 13.5. The monoisotopic (exact) mass is 380 g/mol. The summed E-state index contributed by atoms with van der Waals surface area (Å²) >= 11 is 0. The van der Waals surface area contributed by atoms with Crippen LogP contribution in [0.3, 0.4) is 0 Å². The minimum atomic E-state index is -0.559. The highest BCUT2D eigenvalue weighted by molar-refractivity contribution is 5.88. The quantitative estimate of drug-likeness (QED) is 0.626. The molecular weight excluding hydrogens is 360 g/mol. The maximum atomic E-state index is 12.8. The summed E-state index contributed by atoms with van der Waals surface area (Å²) in [6, 6.07) is 12.4. The Morgan fingerprint density at radius 1 is 1.11 bits per heavy atom. The molecule has 1 aromatic carbocycles. The third-order valence-corrected chi connectivity index (χ3v) is 4.91. The lowest BCUT2D eigenvalue weighted by Gasteiger charge is -2.11. The largest absolute Gasteiger partial charge is 0.455 e. The Morgan fingerprint density at radius 3 is 2.50 bits per heavy atom. The van der Waals surface area contributed by atoms with Gasteiger partial charge in [-0.3, -0.25) is 13.9 Å². The van der Waals surface area contributed by atoms with Crippen molar-refractivity contribution >= 4 is 5.97 Å². The molecule has 1 saturated carbocycles. The van der Waals surface area contributed by atoms with Crippen LogP contribution in [-0.4, -0.2) is 24.9 Å². The smallest absolute Gasteiger partial charge is 0.357 e. The average Bonchev–Trinajstić information content (AvgIpc) is 3.47. The number of carbonyl (C=O) groups excluding carboxylic acids is 1. The van der Waals surface area contributed by atoms with Gasteiger partial charge in [0.05, 0.1) is 17.1 Å². The second-order valence-electron chi connectivity index (χ2n) is 6.93. The number of ether oxygens (including phenoxy) is 1. The zero-order chi connectivity index (χ0) is 19.8. The van der Waals surface area contributed by atoms with Crippen LogP contribution in [0.1, 0.15) is 40.6 Å². The predicted octanol–water partition coefficient (Wildman–Crippen LogP) is 1.50. The zero-order valence-electron chi connectivity index (χ0n) is 15.7. The number of hydrogen-bond donors (Lipinski definition) is 0. The fourth-order valence-electron chi connectivity index (χ4n) is 3.02. The standard InChI is InChI=1S/C20H20N4O4/c1-22-15(10-18(25)23(2)20(22)27)12-28-19(26)17-11-16(13-8-9-13)21-24(17)14-6-4-3-5-7-14/h3-7,10-11,13H,8-9,12H2,1-2H3. The van der Waals surface area contributed by atoms with Crippen molar-refractivity contribution in [2.24, 2.45) is 14.1 Å². The molecule has 0 aliphatic heterocycles. The molecule has 0 amide bonds. The van der Waals surface area contributed by atoms with Crippen LogP contribution in [0.5, 0.6) is 0 Å². The van der Waals surface area contributed by atoms with Crippen molar-refractivity contribution < 1.29 is 9.53 Å². The highest BCUT2D eigenvalue weighted by atomic mass is 16.5. The molecule has 0 spiro atoms. The number of benzene rings is 1. The van der Waals surface area contributed by atoms with Crippen LogP contribution in [0.25, 0.3) is 5.69 Å². The van der Waals surface area contributed by atoms with Gasteiger partial charge in [0, 0.05) is 26.1 Å². The third kappa shape index (κ3) is 3.28. The fourth-order valence-corrected chi connectivity index (χ4v) is 3.02. The molecule has 2 heterocycles. The molecule has 8 heteroatoms. The first-order valence-electron chi connectivity index (χ1n) is 9.04. The fraction of sp³-hybridized carbons (Fsp3) is 0.300. The predicted molar refractivity (Wildman–Crippen MR) is 102 cm³/mol. The van der Waals surface area contributed by atoms with Gasteiger partial charge < -0.3 is 4.74 Å². The second-order valence-corrected chi connectivity index (χ2v) is 6.93. The normalized spacial score (nSPS) is 13.5. The molecule has 0 unspecified atom stereocenters. The number of carbonyl (C=O) groups is 1. The molecule has 1 aliphatic carbocycles. The SMILES string of the molecule is Cn1c(COC(=O)c2cc(C3CC3)nn2-c2ccccc2)cc(=O)n(C)c1=O. The van der Waals surface area contributed by atoms with E-state index in [9.17, 15) is 14.4 Å². The van der Waals surface area contributed by atoms with Crippen LogP contribution in [-0.2, 0) is 25.4 Å². The van der Waals surface area contributed by atoms with Crippen molar-refractivity contribution in [3.05, 3.63) is 80.4 Å². The number of esters is 1. The molecule has 1 aliphatic rings. The Morgan fingerprint density at radius 2 is 1.82 bits per heavy atom. The van der Waals surface area contributed by atoms with Gasteiger partial charge >= 0.3 is 11.7 Å². The second kappa shape index (κ2) is 6.95. The molecular formula is C20H20N4O4. The van der Waals surface area contributed by atoms with Crippen molar-refractivity contribution in [3.63, 3.8) is 0 Å². The molecule has 1 fully saturated rings. The van der Waals surface area contributed by atoms with Crippen LogP contribution in [0.15, 0.2) is 52.1 Å². The van der Waals surface area contributed by atoms with Crippen LogP contribution in [0.4, 0.5) is 0 Å². The molecule has 144 valence electrons. The van der Waals surface area contributed by atoms with Crippen molar-refractivity contribution in [2.45, 2.75) is 25.4 Å². The Hall–Kier alpha value is -3.42. The first-order valence-corrected chi connectivity index (χ1v) is 9.04. The molecule has 4 rings (SSSR count). The lowest BCUT2D eigenvalue weighted by Crippen LogP contribution is -2.38. The molecule has 8 nitrogen and oxygen atoms in total. The zero-order valence-corrected chi connectivity index (χ0v) is 15.7. The Balaban J connectivity index is 1.62. The summed E-state index contributed by atoms with van der Waals surface area (Å²) in [4.78, 5) is 36.6. The van der Waals surface area contributed by atoms with Crippen molar-refractivity contribution in [2.75, 3.05) is 0 Å². The van der Waals surface area contributed by atoms with Gasteiger partial charge in [-0.15, -0.1) is 0 Å². The first kappa shape index (κ1) is 18.0. The van der Waals surface area contributed by atoms with E-state index in [0.29, 0.717) is 17.3 Å². The molecule has 2 aromatic heterocycles. The van der Waals surface area contributed by atoms with E-state index < -0.39 is 17.2 Å². The van der Waals surface area contributed by atoms with E-state index in [2.05, 4.69) is 5.10 Å². The van der Waals surface area contributed by atoms with Gasteiger partial charge in [-0.1, -0.05) is 18.2 Å². The van der Waals surface area contributed by atoms with E-state index in [-0.39, 0.29) is 6.61 Å². The van der Waals surface area contributed by atoms with E-state index >= 15 is 0 Å². The van der Waals surface area contributed by atoms with Crippen molar-refractivity contribution in [3.8, 4) is 5.69 Å². The summed E-state index contributed by atoms with van der Waals surface area (Å²) in [5, 5.41) is 4.58. The maximum Gasteiger partial charge on any atom is 0.357 e. The molecule has 0 radical (unpaired) electrons. The molecule has 28 heavy (non-hydrogen) atoms.